The molecule has 0 aromatic heterocycles. The molecule has 1 fully saturated rings. The van der Waals surface area contributed by atoms with Crippen LogP contribution in [-0.4, -0.2) is 92.9 Å². The number of benzene rings is 2. The van der Waals surface area contributed by atoms with E-state index in [0.29, 0.717) is 50.8 Å². The summed E-state index contributed by atoms with van der Waals surface area (Å²) in [7, 11) is 0. The highest BCUT2D eigenvalue weighted by molar-refractivity contribution is 5.93. The van der Waals surface area contributed by atoms with Crippen molar-refractivity contribution in [3.63, 3.8) is 0 Å². The number of guanidine groups is 1. The van der Waals surface area contributed by atoms with Crippen LogP contribution in [0.25, 0.3) is 0 Å². The molecule has 0 spiro atoms. The van der Waals surface area contributed by atoms with E-state index in [9.17, 15) is 34.8 Å². The van der Waals surface area contributed by atoms with Crippen LogP contribution >= 0.6 is 0 Å². The van der Waals surface area contributed by atoms with E-state index >= 15 is 0 Å². The number of nitrogens with two attached hydrogens (primary N) is 2. The summed E-state index contributed by atoms with van der Waals surface area (Å²) in [6.07, 6.45) is 1.10. The molecule has 1 aliphatic rings. The molecule has 0 aliphatic carbocycles. The van der Waals surface area contributed by atoms with E-state index in [1.165, 1.54) is 29.2 Å². The van der Waals surface area contributed by atoms with Crippen LogP contribution in [0.3, 0.4) is 0 Å². The van der Waals surface area contributed by atoms with Gasteiger partial charge >= 0.3 is 0 Å². The zero-order valence-electron chi connectivity index (χ0n) is 24.1. The zero-order chi connectivity index (χ0) is 31.4. The number of likely N-dealkylation sites (tertiary alicyclic amines) is 1. The molecule has 1 unspecified atom stereocenters. The van der Waals surface area contributed by atoms with Crippen LogP contribution in [0.2, 0.25) is 0 Å². The molecule has 2 aromatic carbocycles. The third-order valence-corrected chi connectivity index (χ3v) is 7.35. The Morgan fingerprint density at radius 2 is 1.58 bits per heavy atom. The molecule has 0 bridgehead atoms. The normalized spacial score (nSPS) is 16.6. The minimum Gasteiger partial charge on any atom is -0.508 e. The second-order valence-electron chi connectivity index (χ2n) is 10.7. The van der Waals surface area contributed by atoms with Gasteiger partial charge in [0.15, 0.2) is 5.96 Å². The molecule has 2 aromatic rings. The zero-order valence-corrected chi connectivity index (χ0v) is 24.1. The van der Waals surface area contributed by atoms with Crippen LogP contribution in [-0.2, 0) is 27.2 Å². The summed E-state index contributed by atoms with van der Waals surface area (Å²) < 4.78 is 0. The fraction of sp³-hybridized carbons (Fsp3) is 0.467. The molecule has 1 saturated heterocycles. The number of hydrogen-bond donors (Lipinski definition) is 8. The van der Waals surface area contributed by atoms with Gasteiger partial charge in [0.05, 0.1) is 12.6 Å². The number of nitrogens with one attached hydrogen (secondary N) is 2. The van der Waals surface area contributed by atoms with E-state index in [0.717, 1.165) is 5.56 Å². The largest absolute Gasteiger partial charge is 0.508 e. The maximum atomic E-state index is 13.8. The van der Waals surface area contributed by atoms with Gasteiger partial charge in [0, 0.05) is 19.5 Å². The van der Waals surface area contributed by atoms with Gasteiger partial charge in [0.1, 0.15) is 29.7 Å². The summed E-state index contributed by atoms with van der Waals surface area (Å²) >= 11 is 0. The fourth-order valence-corrected chi connectivity index (χ4v) is 4.99. The van der Waals surface area contributed by atoms with Gasteiger partial charge in [-0.15, -0.1) is 0 Å². The van der Waals surface area contributed by atoms with Crippen molar-refractivity contribution in [1.82, 2.24) is 15.5 Å². The molecule has 0 saturated carbocycles. The Morgan fingerprint density at radius 3 is 2.19 bits per heavy atom. The summed E-state index contributed by atoms with van der Waals surface area (Å²) in [5.74, 6) is -1.48. The number of amides is 3. The minimum atomic E-state index is -1.40. The molecule has 3 rings (SSSR count). The Kier molecular flexibility index (Phi) is 12.6. The predicted molar refractivity (Wildman–Crippen MR) is 160 cm³/mol. The van der Waals surface area contributed by atoms with Gasteiger partial charge in [-0.1, -0.05) is 24.3 Å². The van der Waals surface area contributed by atoms with Crippen LogP contribution < -0.4 is 22.1 Å². The number of carbonyl (C=O) groups excluding carboxylic acids is 3. The number of aliphatic hydroxyl groups excluding tert-OH is 2. The molecule has 4 atom stereocenters. The number of aliphatic hydroxyl groups is 2. The molecule has 13 heteroatoms. The smallest absolute Gasteiger partial charge is 0.249 e. The van der Waals surface area contributed by atoms with Crippen LogP contribution in [0.4, 0.5) is 0 Å². The van der Waals surface area contributed by atoms with Gasteiger partial charge in [-0.3, -0.25) is 19.4 Å². The number of aryl methyl sites for hydroxylation is 1. The van der Waals surface area contributed by atoms with Gasteiger partial charge in [-0.25, -0.2) is 0 Å². The van der Waals surface area contributed by atoms with Crippen LogP contribution in [0.5, 0.6) is 11.5 Å². The van der Waals surface area contributed by atoms with E-state index in [-0.39, 0.29) is 36.9 Å². The van der Waals surface area contributed by atoms with E-state index in [1.54, 1.807) is 24.3 Å². The molecular weight excluding hydrogens is 556 g/mol. The quantitative estimate of drug-likeness (QED) is 0.0760. The van der Waals surface area contributed by atoms with Gasteiger partial charge in [-0.2, -0.15) is 0 Å². The van der Waals surface area contributed by atoms with Crippen LogP contribution in [0, 0.1) is 0 Å². The third-order valence-electron chi connectivity index (χ3n) is 7.35. The Morgan fingerprint density at radius 1 is 0.953 bits per heavy atom. The molecule has 234 valence electrons. The van der Waals surface area contributed by atoms with Crippen LogP contribution in [0.15, 0.2) is 53.5 Å². The Labute approximate surface area is 250 Å². The predicted octanol–water partition coefficient (Wildman–Crippen LogP) is -0.359. The molecule has 1 aliphatic heterocycles. The Balaban J connectivity index is 1.68. The molecule has 0 radical (unpaired) electrons. The number of aliphatic imine (C=N–C) groups is 1. The Bertz CT molecular complexity index is 1230. The average Bonchev–Trinajstić information content (AvgIpc) is 3.48. The maximum Gasteiger partial charge on any atom is 0.249 e. The van der Waals surface area contributed by atoms with E-state index in [4.69, 9.17) is 11.5 Å². The van der Waals surface area contributed by atoms with Gasteiger partial charge in [0.25, 0.3) is 0 Å². The summed E-state index contributed by atoms with van der Waals surface area (Å²) in [5.41, 5.74) is 12.1. The summed E-state index contributed by atoms with van der Waals surface area (Å²) in [5, 5.41) is 45.0. The number of phenols is 2. The Hall–Kier alpha value is -4.36. The van der Waals surface area contributed by atoms with Crippen molar-refractivity contribution < 1.29 is 34.8 Å². The first-order chi connectivity index (χ1) is 20.6. The first-order valence-electron chi connectivity index (χ1n) is 14.4. The number of hydrogen-bond acceptors (Lipinski definition) is 8. The fourth-order valence-electron chi connectivity index (χ4n) is 4.99. The highest BCUT2D eigenvalue weighted by atomic mass is 16.3. The lowest BCUT2D eigenvalue weighted by molar-refractivity contribution is -0.142. The number of aromatic hydroxyl groups is 2. The van der Waals surface area contributed by atoms with E-state index in [2.05, 4.69) is 15.6 Å². The van der Waals surface area contributed by atoms with Crippen molar-refractivity contribution in [2.45, 2.75) is 69.2 Å². The topological polar surface area (TPSA) is 224 Å². The number of rotatable bonds is 15. The molecule has 13 nitrogen and oxygen atoms in total. The van der Waals surface area contributed by atoms with Gasteiger partial charge < -0.3 is 47.4 Å². The standard InChI is InChI=1S/C30H42N6O7/c31-30(32)33-15-1-3-21(18-37)34-27(41)25-4-2-16-36(25)29(43)24(17-20-7-12-23(39)13-8-20)35-28(42)26(40)14-9-19-5-10-22(38)11-6-19/h5-8,10-13,21,24-26,37-40H,1-4,9,14-18H2,(H,34,41)(H,35,42)(H4,31,32,33)/t21-,24+,25-,26?/m0/s1. The summed E-state index contributed by atoms with van der Waals surface area (Å²) in [4.78, 5) is 45.4. The van der Waals surface area contributed by atoms with Gasteiger partial charge in [-0.05, 0) is 73.9 Å². The highest BCUT2D eigenvalue weighted by Crippen LogP contribution is 2.21. The van der Waals surface area contributed by atoms with Crippen molar-refractivity contribution >= 4 is 23.7 Å². The van der Waals surface area contributed by atoms with Crippen molar-refractivity contribution in [3.05, 3.63) is 59.7 Å². The molecular formula is C30H42N6O7. The lowest BCUT2D eigenvalue weighted by atomic mass is 10.0. The lowest BCUT2D eigenvalue weighted by Gasteiger charge is -2.30. The van der Waals surface area contributed by atoms with Crippen molar-refractivity contribution in [3.8, 4) is 11.5 Å². The molecule has 43 heavy (non-hydrogen) atoms. The lowest BCUT2D eigenvalue weighted by Crippen LogP contribution is -2.56. The van der Waals surface area contributed by atoms with E-state index in [1.807, 2.05) is 0 Å². The minimum absolute atomic E-state index is 0.0384. The molecule has 10 N–H and O–H groups in total. The SMILES string of the molecule is NC(N)=NCCC[C@@H](CO)NC(=O)[C@@H]1CCCN1C(=O)[C@@H](Cc1ccc(O)cc1)NC(=O)C(O)CCc1ccc(O)cc1. The summed E-state index contributed by atoms with van der Waals surface area (Å²) in [6, 6.07) is 10.2. The highest BCUT2D eigenvalue weighted by Gasteiger charge is 2.38. The number of phenolic OH excluding ortho intramolecular Hbond substituents is 2. The maximum absolute atomic E-state index is 13.8. The van der Waals surface area contributed by atoms with Crippen LogP contribution in [0.1, 0.15) is 43.2 Å². The summed E-state index contributed by atoms with van der Waals surface area (Å²) in [6.45, 7) is 0.356. The number of nitrogens with zero attached hydrogens (tertiary/aromatic N) is 2. The molecule has 3 amide bonds. The first-order valence-corrected chi connectivity index (χ1v) is 14.4. The average molecular weight is 599 g/mol. The first kappa shape index (κ1) is 33.1. The second-order valence-corrected chi connectivity index (χ2v) is 10.7. The second kappa shape index (κ2) is 16.3. The van der Waals surface area contributed by atoms with Crippen molar-refractivity contribution in [2.75, 3.05) is 19.7 Å². The number of carbonyl (C=O) groups is 3. The molecule has 1 heterocycles. The van der Waals surface area contributed by atoms with E-state index < -0.39 is 42.0 Å². The van der Waals surface area contributed by atoms with Gasteiger partial charge in [0.2, 0.25) is 17.7 Å². The van der Waals surface area contributed by atoms with Crippen molar-refractivity contribution in [2.24, 2.45) is 16.5 Å². The van der Waals surface area contributed by atoms with Crippen molar-refractivity contribution in [1.29, 1.82) is 0 Å². The third kappa shape index (κ3) is 10.5. The monoisotopic (exact) mass is 598 g/mol.